The van der Waals surface area contributed by atoms with Gasteiger partial charge in [0.2, 0.25) is 0 Å². The molecule has 0 heterocycles. The Labute approximate surface area is 110 Å². The normalized spacial score (nSPS) is 13.2. The van der Waals surface area contributed by atoms with Gasteiger partial charge in [-0.05, 0) is 38.0 Å². The molecule has 0 saturated heterocycles. The summed E-state index contributed by atoms with van der Waals surface area (Å²) in [6, 6.07) is 4.81. The molecule has 0 aromatic heterocycles. The van der Waals surface area contributed by atoms with Gasteiger partial charge in [0.1, 0.15) is 0 Å². The van der Waals surface area contributed by atoms with E-state index in [2.05, 4.69) is 0 Å². The lowest BCUT2D eigenvalue weighted by Gasteiger charge is -2.15. The van der Waals surface area contributed by atoms with Crippen molar-refractivity contribution in [3.8, 4) is 11.5 Å². The Hall–Kier alpha value is -1.43. The van der Waals surface area contributed by atoms with Gasteiger partial charge < -0.3 is 15.2 Å². The number of rotatable bonds is 6. The highest BCUT2D eigenvalue weighted by atomic mass is 19.4. The first-order chi connectivity index (χ1) is 8.81. The van der Waals surface area contributed by atoms with Gasteiger partial charge in [-0.1, -0.05) is 6.07 Å². The summed E-state index contributed by atoms with van der Waals surface area (Å²) in [6.45, 7) is 2.63. The molecule has 6 heteroatoms. The molecule has 0 fully saturated rings. The fourth-order valence-corrected chi connectivity index (χ4v) is 1.60. The van der Waals surface area contributed by atoms with Gasteiger partial charge in [0.15, 0.2) is 18.1 Å². The third kappa shape index (κ3) is 5.83. The van der Waals surface area contributed by atoms with Gasteiger partial charge in [0.25, 0.3) is 0 Å². The van der Waals surface area contributed by atoms with E-state index < -0.39 is 12.8 Å². The Bertz CT molecular complexity index is 405. The number of alkyl halides is 3. The Morgan fingerprint density at radius 2 is 1.89 bits per heavy atom. The minimum Gasteiger partial charge on any atom is -0.490 e. The molecule has 1 aromatic carbocycles. The van der Waals surface area contributed by atoms with Crippen LogP contribution in [0.15, 0.2) is 18.2 Å². The summed E-state index contributed by atoms with van der Waals surface area (Å²) < 4.78 is 46.4. The van der Waals surface area contributed by atoms with E-state index >= 15 is 0 Å². The zero-order chi connectivity index (χ0) is 14.5. The van der Waals surface area contributed by atoms with E-state index in [9.17, 15) is 13.2 Å². The van der Waals surface area contributed by atoms with Gasteiger partial charge in [0, 0.05) is 6.04 Å². The largest absolute Gasteiger partial charge is 0.490 e. The summed E-state index contributed by atoms with van der Waals surface area (Å²) >= 11 is 0. The smallest absolute Gasteiger partial charge is 0.422 e. The molecule has 0 radical (unpaired) electrons. The van der Waals surface area contributed by atoms with Crippen molar-refractivity contribution in [2.24, 2.45) is 5.73 Å². The Balaban J connectivity index is 2.85. The van der Waals surface area contributed by atoms with E-state index in [1.807, 2.05) is 6.92 Å². The van der Waals surface area contributed by atoms with E-state index in [0.29, 0.717) is 18.8 Å². The minimum atomic E-state index is -4.37. The lowest BCUT2D eigenvalue weighted by molar-refractivity contribution is -0.153. The van der Waals surface area contributed by atoms with Crippen LogP contribution in [0.4, 0.5) is 13.2 Å². The Morgan fingerprint density at radius 1 is 1.21 bits per heavy atom. The first kappa shape index (κ1) is 15.6. The van der Waals surface area contributed by atoms with Crippen molar-refractivity contribution in [1.82, 2.24) is 0 Å². The first-order valence-corrected chi connectivity index (χ1v) is 6.02. The lowest BCUT2D eigenvalue weighted by Crippen LogP contribution is -2.20. The van der Waals surface area contributed by atoms with Crippen LogP contribution in [0.5, 0.6) is 11.5 Å². The van der Waals surface area contributed by atoms with E-state index in [1.54, 1.807) is 19.1 Å². The maximum absolute atomic E-state index is 12.1. The molecule has 3 nitrogen and oxygen atoms in total. The average Bonchev–Trinajstić information content (AvgIpc) is 2.26. The molecular weight excluding hydrogens is 259 g/mol. The van der Waals surface area contributed by atoms with Crippen LogP contribution in [-0.2, 0) is 6.42 Å². The molecule has 1 atom stereocenters. The van der Waals surface area contributed by atoms with Crippen molar-refractivity contribution < 1.29 is 22.6 Å². The van der Waals surface area contributed by atoms with E-state index in [-0.39, 0.29) is 11.8 Å². The molecule has 0 spiro atoms. The third-order valence-corrected chi connectivity index (χ3v) is 2.26. The van der Waals surface area contributed by atoms with Crippen LogP contribution in [0.2, 0.25) is 0 Å². The highest BCUT2D eigenvalue weighted by Gasteiger charge is 2.29. The van der Waals surface area contributed by atoms with E-state index in [0.717, 1.165) is 5.56 Å². The number of benzene rings is 1. The second-order valence-electron chi connectivity index (χ2n) is 4.30. The minimum absolute atomic E-state index is 0.0311. The molecule has 0 aliphatic carbocycles. The lowest BCUT2D eigenvalue weighted by atomic mass is 10.1. The van der Waals surface area contributed by atoms with Gasteiger partial charge in [0.05, 0.1) is 6.61 Å². The van der Waals surface area contributed by atoms with Gasteiger partial charge in [-0.3, -0.25) is 0 Å². The molecule has 19 heavy (non-hydrogen) atoms. The monoisotopic (exact) mass is 277 g/mol. The molecule has 1 aromatic rings. The molecule has 0 bridgehead atoms. The second kappa shape index (κ2) is 6.65. The maximum atomic E-state index is 12.1. The number of nitrogens with two attached hydrogens (primary N) is 1. The van der Waals surface area contributed by atoms with Crippen molar-refractivity contribution in [2.45, 2.75) is 32.5 Å². The van der Waals surface area contributed by atoms with Gasteiger partial charge >= 0.3 is 6.18 Å². The van der Waals surface area contributed by atoms with Gasteiger partial charge in [-0.15, -0.1) is 0 Å². The summed E-state index contributed by atoms with van der Waals surface area (Å²) in [5.74, 6) is 0.400. The van der Waals surface area contributed by atoms with E-state index in [4.69, 9.17) is 15.2 Å². The molecule has 0 aliphatic rings. The SMILES string of the molecule is CCOc1cc(CC(C)N)ccc1OCC(F)(F)F. The third-order valence-electron chi connectivity index (χ3n) is 2.26. The van der Waals surface area contributed by atoms with Crippen LogP contribution in [0, 0.1) is 0 Å². The van der Waals surface area contributed by atoms with Gasteiger partial charge in [-0.25, -0.2) is 0 Å². The standard InChI is InChI=1S/C13H18F3NO2/c1-3-18-12-7-10(6-9(2)17)4-5-11(12)19-8-13(14,15)16/h4-5,7,9H,3,6,8,17H2,1-2H3. The zero-order valence-electron chi connectivity index (χ0n) is 11.0. The summed E-state index contributed by atoms with van der Waals surface area (Å²) in [5.41, 5.74) is 6.58. The number of hydrogen-bond donors (Lipinski definition) is 1. The van der Waals surface area contributed by atoms with Crippen molar-refractivity contribution >= 4 is 0 Å². The summed E-state index contributed by atoms with van der Waals surface area (Å²) in [6.07, 6.45) is -3.74. The van der Waals surface area contributed by atoms with Crippen LogP contribution in [-0.4, -0.2) is 25.4 Å². The quantitative estimate of drug-likeness (QED) is 0.869. The highest BCUT2D eigenvalue weighted by molar-refractivity contribution is 5.43. The molecule has 1 rings (SSSR count). The molecule has 2 N–H and O–H groups in total. The van der Waals surface area contributed by atoms with Crippen molar-refractivity contribution in [3.05, 3.63) is 23.8 Å². The number of ether oxygens (including phenoxy) is 2. The molecular formula is C13H18F3NO2. The number of halogens is 3. The fraction of sp³-hybridized carbons (Fsp3) is 0.538. The highest BCUT2D eigenvalue weighted by Crippen LogP contribution is 2.30. The van der Waals surface area contributed by atoms with Crippen molar-refractivity contribution in [3.63, 3.8) is 0 Å². The maximum Gasteiger partial charge on any atom is 0.422 e. The van der Waals surface area contributed by atoms with Crippen LogP contribution in [0.1, 0.15) is 19.4 Å². The molecule has 1 unspecified atom stereocenters. The van der Waals surface area contributed by atoms with Crippen molar-refractivity contribution in [1.29, 1.82) is 0 Å². The molecule has 108 valence electrons. The van der Waals surface area contributed by atoms with Crippen LogP contribution in [0.3, 0.4) is 0 Å². The summed E-state index contributed by atoms with van der Waals surface area (Å²) in [5, 5.41) is 0. The summed E-state index contributed by atoms with van der Waals surface area (Å²) in [7, 11) is 0. The predicted molar refractivity (Wildman–Crippen MR) is 66.5 cm³/mol. The summed E-state index contributed by atoms with van der Waals surface area (Å²) in [4.78, 5) is 0. The molecule has 0 aliphatic heterocycles. The predicted octanol–water partition coefficient (Wildman–Crippen LogP) is 2.92. The molecule has 0 amide bonds. The average molecular weight is 277 g/mol. The molecule has 0 saturated carbocycles. The van der Waals surface area contributed by atoms with Crippen LogP contribution >= 0.6 is 0 Å². The van der Waals surface area contributed by atoms with Crippen LogP contribution in [0.25, 0.3) is 0 Å². The number of hydrogen-bond acceptors (Lipinski definition) is 3. The second-order valence-corrected chi connectivity index (χ2v) is 4.30. The Kier molecular flexibility index (Phi) is 5.47. The fourth-order valence-electron chi connectivity index (χ4n) is 1.60. The van der Waals surface area contributed by atoms with Crippen LogP contribution < -0.4 is 15.2 Å². The Morgan fingerprint density at radius 3 is 2.42 bits per heavy atom. The van der Waals surface area contributed by atoms with Crippen molar-refractivity contribution in [2.75, 3.05) is 13.2 Å². The topological polar surface area (TPSA) is 44.5 Å². The zero-order valence-corrected chi connectivity index (χ0v) is 11.0. The first-order valence-electron chi connectivity index (χ1n) is 6.02. The van der Waals surface area contributed by atoms with E-state index in [1.165, 1.54) is 6.07 Å². The van der Waals surface area contributed by atoms with Gasteiger partial charge in [-0.2, -0.15) is 13.2 Å².